The molecule has 2 saturated heterocycles. The van der Waals surface area contributed by atoms with E-state index < -0.39 is 23.3 Å². The summed E-state index contributed by atoms with van der Waals surface area (Å²) in [6, 6.07) is 0. The van der Waals surface area contributed by atoms with Crippen LogP contribution in [-0.2, 0) is 14.3 Å². The summed E-state index contributed by atoms with van der Waals surface area (Å²) in [5.74, 6) is -0.928. The van der Waals surface area contributed by atoms with Crippen LogP contribution >= 0.6 is 0 Å². The fourth-order valence-corrected chi connectivity index (χ4v) is 4.28. The second kappa shape index (κ2) is 4.00. The van der Waals surface area contributed by atoms with Gasteiger partial charge in [-0.1, -0.05) is 0 Å². The van der Waals surface area contributed by atoms with E-state index in [0.29, 0.717) is 23.2 Å². The number of amides is 2. The molecule has 2 fully saturated rings. The SMILES string of the molecule is CC1=NC2(C)OC1(N(C)c1oc(C)nc1C)C1C(=O)NC(=O)C12. The molecule has 1 N–H and O–H groups in total. The van der Waals surface area contributed by atoms with E-state index in [1.807, 2.05) is 13.8 Å². The smallest absolute Gasteiger partial charge is 0.235 e. The maximum absolute atomic E-state index is 12.4. The minimum Gasteiger partial charge on any atom is -0.425 e. The number of nitrogens with one attached hydrogen (secondary N) is 1. The largest absolute Gasteiger partial charge is 0.425 e. The maximum atomic E-state index is 12.4. The number of fused-ring (bicyclic) bond motifs is 5. The zero-order chi connectivity index (χ0) is 16.7. The number of rotatable bonds is 2. The standard InChI is InChI=1S/C15H18N4O4/c1-6-13(22-8(3)16-6)19(5)15-7(2)18-14(4,23-15)9-10(15)12(21)17-11(9)20/h9-10H,1-5H3,(H,17,20,21). The van der Waals surface area contributed by atoms with Gasteiger partial charge in [-0.15, -0.1) is 0 Å². The summed E-state index contributed by atoms with van der Waals surface area (Å²) in [5, 5.41) is 2.41. The number of hydrogen-bond acceptors (Lipinski definition) is 7. The summed E-state index contributed by atoms with van der Waals surface area (Å²) in [7, 11) is 1.77. The number of oxazole rings is 1. The van der Waals surface area contributed by atoms with Gasteiger partial charge >= 0.3 is 0 Å². The number of aromatic nitrogens is 1. The Hall–Kier alpha value is -2.22. The van der Waals surface area contributed by atoms with Crippen molar-refractivity contribution in [3.8, 4) is 0 Å². The van der Waals surface area contributed by atoms with Crippen molar-refractivity contribution in [3.63, 3.8) is 0 Å². The Kier molecular flexibility index (Phi) is 2.50. The van der Waals surface area contributed by atoms with Crippen LogP contribution in [0.5, 0.6) is 0 Å². The molecule has 0 aromatic carbocycles. The number of ether oxygens (including phenoxy) is 1. The molecule has 8 heteroatoms. The molecular formula is C15H18N4O4. The van der Waals surface area contributed by atoms with Gasteiger partial charge in [0, 0.05) is 14.0 Å². The normalized spacial score (nSPS) is 37.9. The second-order valence-electron chi connectivity index (χ2n) is 6.54. The van der Waals surface area contributed by atoms with E-state index in [-0.39, 0.29) is 11.8 Å². The predicted octanol–water partition coefficient (Wildman–Crippen LogP) is 0.534. The first-order chi connectivity index (χ1) is 10.7. The van der Waals surface area contributed by atoms with Crippen molar-refractivity contribution in [2.24, 2.45) is 16.8 Å². The van der Waals surface area contributed by atoms with Crippen LogP contribution in [0.4, 0.5) is 5.88 Å². The highest BCUT2D eigenvalue weighted by molar-refractivity contribution is 6.13. The molecule has 0 radical (unpaired) electrons. The first kappa shape index (κ1) is 14.4. The van der Waals surface area contributed by atoms with Crippen LogP contribution in [0.3, 0.4) is 0 Å². The van der Waals surface area contributed by atoms with Crippen LogP contribution < -0.4 is 10.2 Å². The number of nitrogens with zero attached hydrogens (tertiary/aromatic N) is 3. The van der Waals surface area contributed by atoms with Crippen LogP contribution in [0.1, 0.15) is 25.4 Å². The summed E-state index contributed by atoms with van der Waals surface area (Å²) in [6.07, 6.45) is 0. The third-order valence-electron chi connectivity index (χ3n) is 5.10. The molecule has 23 heavy (non-hydrogen) atoms. The van der Waals surface area contributed by atoms with E-state index in [9.17, 15) is 9.59 Å². The maximum Gasteiger partial charge on any atom is 0.235 e. The Morgan fingerprint density at radius 2 is 1.83 bits per heavy atom. The molecule has 122 valence electrons. The molecule has 4 heterocycles. The lowest BCUT2D eigenvalue weighted by atomic mass is 9.78. The van der Waals surface area contributed by atoms with Gasteiger partial charge in [-0.05, 0) is 20.8 Å². The molecule has 1 aromatic rings. The molecular weight excluding hydrogens is 300 g/mol. The Morgan fingerprint density at radius 3 is 2.43 bits per heavy atom. The zero-order valence-corrected chi connectivity index (χ0v) is 13.6. The van der Waals surface area contributed by atoms with Crippen molar-refractivity contribution >= 4 is 23.4 Å². The number of hydrogen-bond donors (Lipinski definition) is 1. The van der Waals surface area contributed by atoms with E-state index in [4.69, 9.17) is 9.15 Å². The van der Waals surface area contributed by atoms with E-state index in [2.05, 4.69) is 15.3 Å². The topological polar surface area (TPSA) is 97.0 Å². The van der Waals surface area contributed by atoms with Gasteiger partial charge in [0.05, 0.1) is 5.71 Å². The van der Waals surface area contributed by atoms with Crippen molar-refractivity contribution in [3.05, 3.63) is 11.6 Å². The number of aryl methyl sites for hydroxylation is 2. The van der Waals surface area contributed by atoms with E-state index in [1.54, 1.807) is 25.8 Å². The third kappa shape index (κ3) is 1.49. The van der Waals surface area contributed by atoms with E-state index in [0.717, 1.165) is 0 Å². The molecule has 3 aliphatic rings. The van der Waals surface area contributed by atoms with Crippen LogP contribution in [0.2, 0.25) is 0 Å². The lowest BCUT2D eigenvalue weighted by molar-refractivity contribution is -0.133. The quantitative estimate of drug-likeness (QED) is 0.799. The van der Waals surface area contributed by atoms with Crippen LogP contribution in [0.25, 0.3) is 0 Å². The van der Waals surface area contributed by atoms with Crippen molar-refractivity contribution in [2.75, 3.05) is 11.9 Å². The molecule has 0 aliphatic carbocycles. The van der Waals surface area contributed by atoms with Gasteiger partial charge in [0.25, 0.3) is 0 Å². The fraction of sp³-hybridized carbons (Fsp3) is 0.600. The van der Waals surface area contributed by atoms with Gasteiger partial charge in [-0.25, -0.2) is 4.98 Å². The Bertz CT molecular complexity index is 784. The molecule has 2 amide bonds. The minimum absolute atomic E-state index is 0.334. The van der Waals surface area contributed by atoms with E-state index in [1.165, 1.54) is 0 Å². The predicted molar refractivity (Wildman–Crippen MR) is 79.8 cm³/mol. The highest BCUT2D eigenvalue weighted by Crippen LogP contribution is 2.57. The average molecular weight is 318 g/mol. The van der Waals surface area contributed by atoms with Crippen LogP contribution in [-0.4, -0.2) is 41.0 Å². The van der Waals surface area contributed by atoms with Gasteiger partial charge in [0.15, 0.2) is 17.3 Å². The summed E-state index contributed by atoms with van der Waals surface area (Å²) < 4.78 is 11.9. The molecule has 2 bridgehead atoms. The van der Waals surface area contributed by atoms with Crippen molar-refractivity contribution in [1.29, 1.82) is 0 Å². The Balaban J connectivity index is 1.89. The molecule has 0 spiro atoms. The van der Waals surface area contributed by atoms with Gasteiger partial charge < -0.3 is 14.1 Å². The number of carbonyl (C=O) groups is 2. The van der Waals surface area contributed by atoms with Crippen LogP contribution in [0, 0.1) is 25.7 Å². The number of anilines is 1. The number of aliphatic imine (C=N–C) groups is 1. The molecule has 4 unspecified atom stereocenters. The third-order valence-corrected chi connectivity index (χ3v) is 5.10. The Morgan fingerprint density at radius 1 is 1.17 bits per heavy atom. The number of carbonyl (C=O) groups excluding carboxylic acids is 2. The molecule has 1 aromatic heterocycles. The van der Waals surface area contributed by atoms with Crippen molar-refractivity contribution in [2.45, 2.75) is 39.1 Å². The first-order valence-corrected chi connectivity index (χ1v) is 7.50. The molecule has 8 nitrogen and oxygen atoms in total. The van der Waals surface area contributed by atoms with Crippen molar-refractivity contribution in [1.82, 2.24) is 10.3 Å². The van der Waals surface area contributed by atoms with Gasteiger partial charge in [0.1, 0.15) is 17.5 Å². The van der Waals surface area contributed by atoms with Gasteiger partial charge in [-0.2, -0.15) is 0 Å². The van der Waals surface area contributed by atoms with Crippen molar-refractivity contribution < 1.29 is 18.7 Å². The fourth-order valence-electron chi connectivity index (χ4n) is 4.28. The minimum atomic E-state index is -1.13. The van der Waals surface area contributed by atoms with Crippen LogP contribution in [0.15, 0.2) is 9.41 Å². The summed E-state index contributed by atoms with van der Waals surface area (Å²) in [6.45, 7) is 7.14. The number of imide groups is 1. The molecule has 0 saturated carbocycles. The molecule has 3 aliphatic heterocycles. The molecule has 4 atom stereocenters. The summed E-state index contributed by atoms with van der Waals surface area (Å²) >= 11 is 0. The molecule has 4 rings (SSSR count). The van der Waals surface area contributed by atoms with Gasteiger partial charge in [0.2, 0.25) is 17.7 Å². The van der Waals surface area contributed by atoms with Gasteiger partial charge in [-0.3, -0.25) is 19.9 Å². The summed E-state index contributed by atoms with van der Waals surface area (Å²) in [5.41, 5.74) is -0.825. The zero-order valence-electron chi connectivity index (χ0n) is 13.6. The monoisotopic (exact) mass is 318 g/mol. The lowest BCUT2D eigenvalue weighted by Gasteiger charge is -2.38. The summed E-state index contributed by atoms with van der Waals surface area (Å²) in [4.78, 5) is 35.2. The van der Waals surface area contributed by atoms with E-state index >= 15 is 0 Å². The lowest BCUT2D eigenvalue weighted by Crippen LogP contribution is -2.58. The average Bonchev–Trinajstić information content (AvgIpc) is 3.09. The first-order valence-electron chi connectivity index (χ1n) is 7.50. The highest BCUT2D eigenvalue weighted by atomic mass is 16.6. The second-order valence-corrected chi connectivity index (χ2v) is 6.54. The Labute approximate surface area is 132 Å². The highest BCUT2D eigenvalue weighted by Gasteiger charge is 2.75.